The van der Waals surface area contributed by atoms with E-state index in [0.717, 1.165) is 16.5 Å². The van der Waals surface area contributed by atoms with E-state index < -0.39 is 0 Å². The van der Waals surface area contributed by atoms with E-state index >= 15 is 0 Å². The summed E-state index contributed by atoms with van der Waals surface area (Å²) in [5.41, 5.74) is 0. The summed E-state index contributed by atoms with van der Waals surface area (Å²) in [7, 11) is 3.22. The van der Waals surface area contributed by atoms with Crippen LogP contribution < -0.4 is 9.47 Å². The maximum Gasteiger partial charge on any atom is 0.146 e. The molecule has 0 N–H and O–H groups in total. The van der Waals surface area contributed by atoms with Crippen LogP contribution in [0.3, 0.4) is 0 Å². The fourth-order valence-electron chi connectivity index (χ4n) is 1.71. The number of halogens is 2. The summed E-state index contributed by atoms with van der Waals surface area (Å²) >= 11 is 9.62. The Bertz CT molecular complexity index is 492. The zero-order valence-electron chi connectivity index (χ0n) is 8.88. The van der Waals surface area contributed by atoms with E-state index in [1.165, 1.54) is 0 Å². The first-order valence-electron chi connectivity index (χ1n) is 4.68. The van der Waals surface area contributed by atoms with Crippen molar-refractivity contribution in [2.75, 3.05) is 14.2 Å². The molecule has 16 heavy (non-hydrogen) atoms. The van der Waals surface area contributed by atoms with Gasteiger partial charge in [-0.25, -0.2) is 0 Å². The number of benzene rings is 2. The van der Waals surface area contributed by atoms with Gasteiger partial charge in [0.05, 0.1) is 18.7 Å². The van der Waals surface area contributed by atoms with Gasteiger partial charge in [0.15, 0.2) is 0 Å². The van der Waals surface area contributed by atoms with Crippen LogP contribution in [0.5, 0.6) is 11.5 Å². The molecule has 0 spiro atoms. The molecule has 0 amide bonds. The molecule has 0 saturated heterocycles. The third-order valence-electron chi connectivity index (χ3n) is 2.42. The highest BCUT2D eigenvalue weighted by Crippen LogP contribution is 2.46. The Balaban J connectivity index is 2.95. The van der Waals surface area contributed by atoms with E-state index in [1.54, 1.807) is 14.2 Å². The van der Waals surface area contributed by atoms with Gasteiger partial charge in [-0.05, 0) is 15.9 Å². The fraction of sp³-hybridized carbons (Fsp3) is 0.167. The van der Waals surface area contributed by atoms with Crippen molar-refractivity contribution < 1.29 is 9.47 Å². The van der Waals surface area contributed by atoms with E-state index in [1.807, 2.05) is 24.3 Å². The van der Waals surface area contributed by atoms with Crippen LogP contribution in [0, 0.1) is 0 Å². The lowest BCUT2D eigenvalue weighted by Gasteiger charge is -2.14. The van der Waals surface area contributed by atoms with Gasteiger partial charge < -0.3 is 9.47 Å². The van der Waals surface area contributed by atoms with Gasteiger partial charge >= 0.3 is 0 Å². The number of methoxy groups -OCH3 is 2. The summed E-state index contributed by atoms with van der Waals surface area (Å²) in [6.07, 6.45) is 0. The predicted molar refractivity (Wildman–Crippen MR) is 69.8 cm³/mol. The molecule has 4 heteroatoms. The second-order valence-electron chi connectivity index (χ2n) is 3.24. The summed E-state index contributed by atoms with van der Waals surface area (Å²) in [6, 6.07) is 7.81. The molecule has 0 aliphatic heterocycles. The molecule has 0 atom stereocenters. The van der Waals surface area contributed by atoms with Crippen LogP contribution in [-0.4, -0.2) is 14.2 Å². The van der Waals surface area contributed by atoms with E-state index in [9.17, 15) is 0 Å². The number of hydrogen-bond acceptors (Lipinski definition) is 2. The van der Waals surface area contributed by atoms with Crippen molar-refractivity contribution in [3.05, 3.63) is 33.8 Å². The molecule has 0 unspecified atom stereocenters. The van der Waals surface area contributed by atoms with Crippen molar-refractivity contribution in [3.8, 4) is 11.5 Å². The van der Waals surface area contributed by atoms with Gasteiger partial charge in [0.25, 0.3) is 0 Å². The van der Waals surface area contributed by atoms with Crippen molar-refractivity contribution in [1.82, 2.24) is 0 Å². The first kappa shape index (κ1) is 11.6. The van der Waals surface area contributed by atoms with Gasteiger partial charge in [0.1, 0.15) is 16.5 Å². The maximum absolute atomic E-state index is 6.20. The summed E-state index contributed by atoms with van der Waals surface area (Å²) in [6.45, 7) is 0. The molecule has 0 aliphatic rings. The van der Waals surface area contributed by atoms with Crippen LogP contribution in [0.15, 0.2) is 28.7 Å². The smallest absolute Gasteiger partial charge is 0.146 e. The minimum Gasteiger partial charge on any atom is -0.495 e. The quantitative estimate of drug-likeness (QED) is 0.824. The van der Waals surface area contributed by atoms with Gasteiger partial charge in [0, 0.05) is 10.8 Å². The number of ether oxygens (including phenoxy) is 2. The fourth-order valence-corrected chi connectivity index (χ4v) is 2.53. The molecule has 0 heterocycles. The molecule has 2 nitrogen and oxygen atoms in total. The topological polar surface area (TPSA) is 18.5 Å². The Labute approximate surface area is 107 Å². The average molecular weight is 302 g/mol. The van der Waals surface area contributed by atoms with Gasteiger partial charge in [-0.15, -0.1) is 0 Å². The Morgan fingerprint density at radius 2 is 1.50 bits per heavy atom. The van der Waals surface area contributed by atoms with Crippen LogP contribution in [0.4, 0.5) is 0 Å². The van der Waals surface area contributed by atoms with Crippen LogP contribution in [0.1, 0.15) is 0 Å². The average Bonchev–Trinajstić information content (AvgIpc) is 2.31. The molecular formula is C12H10BrClO2. The SMILES string of the molecule is COc1c(Cl)c(Br)c(OC)c2ccccc12. The highest BCUT2D eigenvalue weighted by molar-refractivity contribution is 9.10. The van der Waals surface area contributed by atoms with Crippen molar-refractivity contribution in [3.63, 3.8) is 0 Å². The molecule has 0 aromatic heterocycles. The number of fused-ring (bicyclic) bond motifs is 1. The maximum atomic E-state index is 6.20. The standard InChI is InChI=1S/C12H10BrClO2/c1-15-11-7-5-3-4-6-8(7)12(16-2)10(14)9(11)13/h3-6H,1-2H3. The molecular weight excluding hydrogens is 291 g/mol. The zero-order chi connectivity index (χ0) is 11.7. The molecule has 0 fully saturated rings. The van der Waals surface area contributed by atoms with Crippen molar-refractivity contribution in [2.24, 2.45) is 0 Å². The van der Waals surface area contributed by atoms with Crippen LogP contribution >= 0.6 is 27.5 Å². The summed E-state index contributed by atoms with van der Waals surface area (Å²) in [5.74, 6) is 1.38. The normalized spacial score (nSPS) is 10.5. The second kappa shape index (κ2) is 4.52. The van der Waals surface area contributed by atoms with Crippen molar-refractivity contribution in [2.45, 2.75) is 0 Å². The predicted octanol–water partition coefficient (Wildman–Crippen LogP) is 4.27. The Hall–Kier alpha value is -0.930. The molecule has 2 aromatic rings. The van der Waals surface area contributed by atoms with Gasteiger partial charge in [0.2, 0.25) is 0 Å². The van der Waals surface area contributed by atoms with Gasteiger partial charge in [-0.2, -0.15) is 0 Å². The van der Waals surface area contributed by atoms with E-state index in [4.69, 9.17) is 21.1 Å². The molecule has 0 radical (unpaired) electrons. The monoisotopic (exact) mass is 300 g/mol. The van der Waals surface area contributed by atoms with Crippen LogP contribution in [-0.2, 0) is 0 Å². The minimum absolute atomic E-state index is 0.526. The molecule has 0 aliphatic carbocycles. The van der Waals surface area contributed by atoms with E-state index in [0.29, 0.717) is 15.2 Å². The summed E-state index contributed by atoms with van der Waals surface area (Å²) < 4.78 is 11.4. The first-order valence-corrected chi connectivity index (χ1v) is 5.85. The Kier molecular flexibility index (Phi) is 3.26. The lowest BCUT2D eigenvalue weighted by Crippen LogP contribution is -1.92. The molecule has 0 bridgehead atoms. The molecule has 84 valence electrons. The highest BCUT2D eigenvalue weighted by atomic mass is 79.9. The first-order chi connectivity index (χ1) is 7.70. The Morgan fingerprint density at radius 1 is 1.00 bits per heavy atom. The highest BCUT2D eigenvalue weighted by Gasteiger charge is 2.17. The Morgan fingerprint density at radius 3 is 2.00 bits per heavy atom. The van der Waals surface area contributed by atoms with Crippen LogP contribution in [0.25, 0.3) is 10.8 Å². The minimum atomic E-state index is 0.526. The number of hydrogen-bond donors (Lipinski definition) is 0. The van der Waals surface area contributed by atoms with Gasteiger partial charge in [-0.3, -0.25) is 0 Å². The molecule has 0 saturated carbocycles. The summed E-state index contributed by atoms with van der Waals surface area (Å²) in [4.78, 5) is 0. The van der Waals surface area contributed by atoms with Crippen LogP contribution in [0.2, 0.25) is 5.02 Å². The molecule has 2 rings (SSSR count). The molecule has 2 aromatic carbocycles. The van der Waals surface area contributed by atoms with Crippen molar-refractivity contribution in [1.29, 1.82) is 0 Å². The van der Waals surface area contributed by atoms with Gasteiger partial charge in [-0.1, -0.05) is 35.9 Å². The third-order valence-corrected chi connectivity index (χ3v) is 3.76. The third kappa shape index (κ3) is 1.64. The van der Waals surface area contributed by atoms with E-state index in [2.05, 4.69) is 15.9 Å². The number of rotatable bonds is 2. The lowest BCUT2D eigenvalue weighted by molar-refractivity contribution is 0.408. The second-order valence-corrected chi connectivity index (χ2v) is 4.41. The lowest BCUT2D eigenvalue weighted by atomic mass is 10.1. The van der Waals surface area contributed by atoms with E-state index in [-0.39, 0.29) is 0 Å². The largest absolute Gasteiger partial charge is 0.495 e. The summed E-state index contributed by atoms with van der Waals surface area (Å²) in [5, 5.41) is 2.44. The zero-order valence-corrected chi connectivity index (χ0v) is 11.2. The van der Waals surface area contributed by atoms with Crippen molar-refractivity contribution >= 4 is 38.3 Å².